The van der Waals surface area contributed by atoms with E-state index >= 15 is 0 Å². The topological polar surface area (TPSA) is 104 Å². The summed E-state index contributed by atoms with van der Waals surface area (Å²) in [5.74, 6) is 0.701. The first kappa shape index (κ1) is 17.2. The van der Waals surface area contributed by atoms with Gasteiger partial charge in [-0.15, -0.1) is 0 Å². The van der Waals surface area contributed by atoms with E-state index in [1.807, 2.05) is 18.2 Å². The van der Waals surface area contributed by atoms with Crippen LogP contribution in [0.3, 0.4) is 0 Å². The second kappa shape index (κ2) is 9.09. The predicted octanol–water partition coefficient (Wildman–Crippen LogP) is 2.41. The Morgan fingerprint density at radius 3 is 2.67 bits per heavy atom. The van der Waals surface area contributed by atoms with E-state index < -0.39 is 10.9 Å². The Morgan fingerprint density at radius 2 is 2.00 bits per heavy atom. The molecule has 8 heteroatoms. The van der Waals surface area contributed by atoms with Crippen LogP contribution in [0.2, 0.25) is 0 Å². The molecule has 8 nitrogen and oxygen atoms in total. The van der Waals surface area contributed by atoms with Crippen LogP contribution in [0.15, 0.2) is 48.7 Å². The number of ether oxygens (including phenoxy) is 2. The number of para-hydroxylation sites is 1. The average Bonchev–Trinajstić information content (AvgIpc) is 2.61. The second-order valence-electron chi connectivity index (χ2n) is 4.76. The molecule has 1 aromatic heterocycles. The highest BCUT2D eigenvalue weighted by Gasteiger charge is 2.06. The summed E-state index contributed by atoms with van der Waals surface area (Å²) in [6.07, 6.45) is 1.76. The molecule has 0 unspecified atom stereocenters. The summed E-state index contributed by atoms with van der Waals surface area (Å²) in [6, 6.07) is 11.9. The Kier molecular flexibility index (Phi) is 6.51. The molecule has 0 aliphatic carbocycles. The third kappa shape index (κ3) is 5.91. The molecule has 24 heavy (non-hydrogen) atoms. The lowest BCUT2D eigenvalue weighted by atomic mass is 10.3. The van der Waals surface area contributed by atoms with Crippen LogP contribution >= 0.6 is 0 Å². The molecular weight excluding hydrogens is 314 g/mol. The molecule has 0 spiro atoms. The Hall–Kier alpha value is -3.16. The number of hydrogen-bond acceptors (Lipinski definition) is 7. The van der Waals surface area contributed by atoms with Crippen molar-refractivity contribution in [3.8, 4) is 5.75 Å². The van der Waals surface area contributed by atoms with Crippen molar-refractivity contribution in [2.45, 2.75) is 6.42 Å². The number of carbonyl (C=O) groups excluding carboxylic acids is 1. The zero-order valence-electron chi connectivity index (χ0n) is 12.9. The fourth-order valence-corrected chi connectivity index (χ4v) is 1.77. The monoisotopic (exact) mass is 331 g/mol. The smallest absolute Gasteiger partial charge is 0.344 e. The number of rotatable bonds is 9. The van der Waals surface area contributed by atoms with Crippen LogP contribution in [-0.2, 0) is 9.53 Å². The van der Waals surface area contributed by atoms with Crippen molar-refractivity contribution in [2.24, 2.45) is 0 Å². The molecule has 0 fully saturated rings. The predicted molar refractivity (Wildman–Crippen MR) is 86.9 cm³/mol. The van der Waals surface area contributed by atoms with Crippen molar-refractivity contribution in [3.63, 3.8) is 0 Å². The average molecular weight is 331 g/mol. The van der Waals surface area contributed by atoms with Crippen LogP contribution in [0.5, 0.6) is 5.75 Å². The summed E-state index contributed by atoms with van der Waals surface area (Å²) in [5.41, 5.74) is -0.0621. The zero-order chi connectivity index (χ0) is 17.2. The van der Waals surface area contributed by atoms with Crippen molar-refractivity contribution in [1.29, 1.82) is 0 Å². The summed E-state index contributed by atoms with van der Waals surface area (Å²) in [4.78, 5) is 25.4. The molecule has 1 heterocycles. The fraction of sp³-hybridized carbons (Fsp3) is 0.250. The molecule has 2 aromatic rings. The van der Waals surface area contributed by atoms with Gasteiger partial charge >= 0.3 is 5.97 Å². The number of carbonyl (C=O) groups is 1. The van der Waals surface area contributed by atoms with Gasteiger partial charge in [-0.25, -0.2) is 9.78 Å². The highest BCUT2D eigenvalue weighted by atomic mass is 16.6. The molecule has 0 atom stereocenters. The maximum absolute atomic E-state index is 11.5. The molecule has 0 bridgehead atoms. The van der Waals surface area contributed by atoms with Crippen molar-refractivity contribution in [1.82, 2.24) is 4.98 Å². The fourth-order valence-electron chi connectivity index (χ4n) is 1.77. The molecule has 126 valence electrons. The van der Waals surface area contributed by atoms with E-state index in [1.165, 1.54) is 18.3 Å². The van der Waals surface area contributed by atoms with E-state index in [2.05, 4.69) is 10.3 Å². The van der Waals surface area contributed by atoms with Gasteiger partial charge in [0.1, 0.15) is 17.8 Å². The molecule has 0 radical (unpaired) electrons. The molecule has 0 saturated carbocycles. The Labute approximate surface area is 138 Å². The van der Waals surface area contributed by atoms with Gasteiger partial charge in [-0.2, -0.15) is 0 Å². The lowest BCUT2D eigenvalue weighted by molar-refractivity contribution is -0.385. The largest absolute Gasteiger partial charge is 0.482 e. The summed E-state index contributed by atoms with van der Waals surface area (Å²) < 4.78 is 10.3. The van der Waals surface area contributed by atoms with Gasteiger partial charge in [0.15, 0.2) is 6.61 Å². The molecular formula is C16H17N3O5. The van der Waals surface area contributed by atoms with Crippen LogP contribution in [0.25, 0.3) is 0 Å². The van der Waals surface area contributed by atoms with Crippen LogP contribution in [0, 0.1) is 10.1 Å². The van der Waals surface area contributed by atoms with Crippen molar-refractivity contribution in [3.05, 3.63) is 58.8 Å². The van der Waals surface area contributed by atoms with Gasteiger partial charge in [0.2, 0.25) is 0 Å². The second-order valence-corrected chi connectivity index (χ2v) is 4.76. The summed E-state index contributed by atoms with van der Waals surface area (Å²) in [5, 5.41) is 13.5. The SMILES string of the molecule is O=C(COc1ccccc1)OCCCNc1ccc([N+](=O)[O-])cn1. The zero-order valence-corrected chi connectivity index (χ0v) is 12.9. The number of hydrogen-bond donors (Lipinski definition) is 1. The number of benzene rings is 1. The number of anilines is 1. The summed E-state index contributed by atoms with van der Waals surface area (Å²) >= 11 is 0. The normalized spacial score (nSPS) is 10.0. The third-order valence-corrected chi connectivity index (χ3v) is 2.95. The minimum Gasteiger partial charge on any atom is -0.482 e. The first-order chi connectivity index (χ1) is 11.6. The molecule has 0 saturated heterocycles. The summed E-state index contributed by atoms with van der Waals surface area (Å²) in [7, 11) is 0. The first-order valence-corrected chi connectivity index (χ1v) is 7.33. The minimum absolute atomic E-state index is 0.0621. The standard InChI is InChI=1S/C16H17N3O5/c20-16(12-24-14-5-2-1-3-6-14)23-10-4-9-17-15-8-7-13(11-18-15)19(21)22/h1-3,5-8,11H,4,9-10,12H2,(H,17,18). The van der Waals surface area contributed by atoms with Gasteiger partial charge in [-0.3, -0.25) is 10.1 Å². The van der Waals surface area contributed by atoms with Gasteiger partial charge in [0, 0.05) is 12.6 Å². The van der Waals surface area contributed by atoms with Gasteiger partial charge < -0.3 is 14.8 Å². The van der Waals surface area contributed by atoms with Crippen LogP contribution in [0.4, 0.5) is 11.5 Å². The van der Waals surface area contributed by atoms with Crippen molar-refractivity contribution < 1.29 is 19.2 Å². The highest BCUT2D eigenvalue weighted by molar-refractivity contribution is 5.71. The number of esters is 1. The number of aromatic nitrogens is 1. The Balaban J connectivity index is 1.57. The lowest BCUT2D eigenvalue weighted by Gasteiger charge is -2.08. The van der Waals surface area contributed by atoms with Gasteiger partial charge in [-0.1, -0.05) is 18.2 Å². The highest BCUT2D eigenvalue weighted by Crippen LogP contribution is 2.11. The molecule has 1 N–H and O–H groups in total. The van der Waals surface area contributed by atoms with Gasteiger partial charge in [0.25, 0.3) is 5.69 Å². The van der Waals surface area contributed by atoms with Crippen LogP contribution in [0.1, 0.15) is 6.42 Å². The van der Waals surface area contributed by atoms with Gasteiger partial charge in [0.05, 0.1) is 11.5 Å². The minimum atomic E-state index is -0.506. The van der Waals surface area contributed by atoms with E-state index in [9.17, 15) is 14.9 Å². The molecule has 0 aliphatic heterocycles. The number of nitrogens with zero attached hydrogens (tertiary/aromatic N) is 2. The van der Waals surface area contributed by atoms with Gasteiger partial charge in [-0.05, 0) is 24.6 Å². The third-order valence-electron chi connectivity index (χ3n) is 2.95. The number of nitro groups is 1. The first-order valence-electron chi connectivity index (χ1n) is 7.33. The molecule has 2 rings (SSSR count). The number of pyridine rings is 1. The Morgan fingerprint density at radius 1 is 1.21 bits per heavy atom. The lowest BCUT2D eigenvalue weighted by Crippen LogP contribution is -2.16. The quantitative estimate of drug-likeness (QED) is 0.326. The maximum atomic E-state index is 11.5. The molecule has 1 aromatic carbocycles. The van der Waals surface area contributed by atoms with Crippen molar-refractivity contribution in [2.75, 3.05) is 25.1 Å². The van der Waals surface area contributed by atoms with E-state index in [0.717, 1.165) is 0 Å². The van der Waals surface area contributed by atoms with E-state index in [4.69, 9.17) is 9.47 Å². The summed E-state index contributed by atoms with van der Waals surface area (Å²) in [6.45, 7) is 0.635. The number of nitrogens with one attached hydrogen (secondary N) is 1. The van der Waals surface area contributed by atoms with E-state index in [1.54, 1.807) is 12.1 Å². The van der Waals surface area contributed by atoms with E-state index in [0.29, 0.717) is 24.5 Å². The maximum Gasteiger partial charge on any atom is 0.344 e. The van der Waals surface area contributed by atoms with E-state index in [-0.39, 0.29) is 18.9 Å². The van der Waals surface area contributed by atoms with Crippen LogP contribution in [-0.4, -0.2) is 35.6 Å². The molecule has 0 aliphatic rings. The Bertz CT molecular complexity index is 661. The van der Waals surface area contributed by atoms with Crippen molar-refractivity contribution >= 4 is 17.5 Å². The molecule has 0 amide bonds. The van der Waals surface area contributed by atoms with Crippen LogP contribution < -0.4 is 10.1 Å².